The number of carbonyl (C=O) groups excluding carboxylic acids is 1. The predicted octanol–water partition coefficient (Wildman–Crippen LogP) is 2.08. The molecule has 2 fully saturated rings. The molecule has 1 aromatic rings. The highest BCUT2D eigenvalue weighted by molar-refractivity contribution is 5.95. The molecule has 0 spiro atoms. The fourth-order valence-electron chi connectivity index (χ4n) is 2.88. The Balaban J connectivity index is 1.54. The van der Waals surface area contributed by atoms with Gasteiger partial charge in [0.15, 0.2) is 0 Å². The quantitative estimate of drug-likeness (QED) is 0.914. The van der Waals surface area contributed by atoms with Crippen LogP contribution in [-0.2, 0) is 16.1 Å². The summed E-state index contributed by atoms with van der Waals surface area (Å²) in [6, 6.07) is 8.80. The maximum atomic E-state index is 11.7. The van der Waals surface area contributed by atoms with Gasteiger partial charge in [0, 0.05) is 37.8 Å². The minimum absolute atomic E-state index is 0.246. The maximum absolute atomic E-state index is 11.7. The van der Waals surface area contributed by atoms with E-state index in [1.54, 1.807) is 0 Å². The molecule has 0 bridgehead atoms. The second-order valence-electron chi connectivity index (χ2n) is 5.61. The van der Waals surface area contributed by atoms with Crippen molar-refractivity contribution in [3.63, 3.8) is 0 Å². The molecule has 3 rings (SSSR count). The molecule has 1 unspecified atom stereocenters. The molecule has 20 heavy (non-hydrogen) atoms. The van der Waals surface area contributed by atoms with Gasteiger partial charge in [-0.2, -0.15) is 0 Å². The molecule has 0 saturated carbocycles. The number of carbonyl (C=O) groups is 1. The van der Waals surface area contributed by atoms with Crippen LogP contribution >= 0.6 is 0 Å². The molecular formula is C16H22N2O2. The molecule has 2 heterocycles. The third-order valence-corrected chi connectivity index (χ3v) is 4.08. The summed E-state index contributed by atoms with van der Waals surface area (Å²) < 4.78 is 5.46. The van der Waals surface area contributed by atoms with E-state index in [1.807, 2.05) is 4.90 Å². The lowest BCUT2D eigenvalue weighted by Gasteiger charge is -2.23. The Labute approximate surface area is 120 Å². The van der Waals surface area contributed by atoms with Gasteiger partial charge in [0.05, 0.1) is 6.61 Å². The van der Waals surface area contributed by atoms with Gasteiger partial charge in [-0.05, 0) is 37.0 Å². The number of nitrogens with one attached hydrogen (secondary N) is 1. The third-order valence-electron chi connectivity index (χ3n) is 4.08. The standard InChI is InChI=1S/C16H22N2O2/c19-16-4-1-9-18(16)15-7-5-13(6-8-15)11-17-14-3-2-10-20-12-14/h5-8,14,17H,1-4,9-12H2. The van der Waals surface area contributed by atoms with Gasteiger partial charge in [-0.25, -0.2) is 0 Å². The predicted molar refractivity (Wildman–Crippen MR) is 78.7 cm³/mol. The first-order valence-electron chi connectivity index (χ1n) is 7.53. The van der Waals surface area contributed by atoms with Crippen molar-refractivity contribution in [2.45, 2.75) is 38.3 Å². The number of amides is 1. The van der Waals surface area contributed by atoms with E-state index in [2.05, 4.69) is 29.6 Å². The number of rotatable bonds is 4. The molecule has 1 atom stereocenters. The molecule has 2 saturated heterocycles. The Morgan fingerprint density at radius 3 is 2.75 bits per heavy atom. The molecule has 1 aromatic carbocycles. The van der Waals surface area contributed by atoms with Gasteiger partial charge in [-0.3, -0.25) is 4.79 Å². The van der Waals surface area contributed by atoms with Gasteiger partial charge >= 0.3 is 0 Å². The minimum atomic E-state index is 0.246. The normalized spacial score (nSPS) is 23.3. The Morgan fingerprint density at radius 1 is 1.25 bits per heavy atom. The highest BCUT2D eigenvalue weighted by Gasteiger charge is 2.21. The molecule has 1 amide bonds. The van der Waals surface area contributed by atoms with Crippen LogP contribution in [0.15, 0.2) is 24.3 Å². The minimum Gasteiger partial charge on any atom is -0.380 e. The largest absolute Gasteiger partial charge is 0.380 e. The van der Waals surface area contributed by atoms with Gasteiger partial charge in [-0.1, -0.05) is 12.1 Å². The summed E-state index contributed by atoms with van der Waals surface area (Å²) in [5, 5.41) is 3.53. The summed E-state index contributed by atoms with van der Waals surface area (Å²) in [7, 11) is 0. The van der Waals surface area contributed by atoms with Crippen LogP contribution in [0.2, 0.25) is 0 Å². The summed E-state index contributed by atoms with van der Waals surface area (Å²) in [6.45, 7) is 3.44. The van der Waals surface area contributed by atoms with Crippen LogP contribution in [0.25, 0.3) is 0 Å². The number of nitrogens with zero attached hydrogens (tertiary/aromatic N) is 1. The van der Waals surface area contributed by atoms with Crippen LogP contribution in [0.3, 0.4) is 0 Å². The van der Waals surface area contributed by atoms with Crippen LogP contribution in [0.5, 0.6) is 0 Å². The van der Waals surface area contributed by atoms with Gasteiger partial charge in [0.25, 0.3) is 0 Å². The van der Waals surface area contributed by atoms with Crippen molar-refractivity contribution < 1.29 is 9.53 Å². The van der Waals surface area contributed by atoms with Gasteiger partial charge < -0.3 is 15.0 Å². The highest BCUT2D eigenvalue weighted by atomic mass is 16.5. The average molecular weight is 274 g/mol. The lowest BCUT2D eigenvalue weighted by molar-refractivity contribution is -0.117. The molecule has 4 nitrogen and oxygen atoms in total. The zero-order valence-electron chi connectivity index (χ0n) is 11.8. The Morgan fingerprint density at radius 2 is 2.10 bits per heavy atom. The number of hydrogen-bond acceptors (Lipinski definition) is 3. The molecule has 1 N–H and O–H groups in total. The van der Waals surface area contributed by atoms with E-state index in [9.17, 15) is 4.79 Å². The molecule has 2 aliphatic heterocycles. The first-order chi connectivity index (χ1) is 9.83. The maximum Gasteiger partial charge on any atom is 0.227 e. The Bertz CT molecular complexity index is 452. The molecule has 108 valence electrons. The number of benzene rings is 1. The van der Waals surface area contributed by atoms with Crippen LogP contribution in [-0.4, -0.2) is 31.7 Å². The number of hydrogen-bond donors (Lipinski definition) is 1. The fourth-order valence-corrected chi connectivity index (χ4v) is 2.88. The Kier molecular flexibility index (Phi) is 4.33. The summed E-state index contributed by atoms with van der Waals surface area (Å²) >= 11 is 0. The molecule has 4 heteroatoms. The van der Waals surface area contributed by atoms with Gasteiger partial charge in [0.1, 0.15) is 0 Å². The SMILES string of the molecule is O=C1CCCN1c1ccc(CNC2CCCOC2)cc1. The van der Waals surface area contributed by atoms with Crippen LogP contribution in [0, 0.1) is 0 Å². The van der Waals surface area contributed by atoms with E-state index in [1.165, 1.54) is 12.0 Å². The lowest BCUT2D eigenvalue weighted by atomic mass is 10.1. The fraction of sp³-hybridized carbons (Fsp3) is 0.562. The first-order valence-corrected chi connectivity index (χ1v) is 7.53. The van der Waals surface area contributed by atoms with E-state index in [0.717, 1.165) is 44.8 Å². The zero-order valence-corrected chi connectivity index (χ0v) is 11.8. The zero-order chi connectivity index (χ0) is 13.8. The van der Waals surface area contributed by atoms with Crippen molar-refractivity contribution >= 4 is 11.6 Å². The monoisotopic (exact) mass is 274 g/mol. The van der Waals surface area contributed by atoms with Crippen molar-refractivity contribution in [2.75, 3.05) is 24.7 Å². The molecule has 0 aromatic heterocycles. The molecule has 0 aliphatic carbocycles. The molecular weight excluding hydrogens is 252 g/mol. The topological polar surface area (TPSA) is 41.6 Å². The smallest absolute Gasteiger partial charge is 0.227 e. The first kappa shape index (κ1) is 13.6. The number of anilines is 1. The molecule has 0 radical (unpaired) electrons. The van der Waals surface area contributed by atoms with Gasteiger partial charge in [0.2, 0.25) is 5.91 Å². The summed E-state index contributed by atoms with van der Waals surface area (Å²) in [5.74, 6) is 0.246. The second kappa shape index (κ2) is 6.37. The van der Waals surface area contributed by atoms with Crippen LogP contribution in [0.4, 0.5) is 5.69 Å². The summed E-state index contributed by atoms with van der Waals surface area (Å²) in [6.07, 6.45) is 4.00. The van der Waals surface area contributed by atoms with E-state index >= 15 is 0 Å². The third kappa shape index (κ3) is 3.19. The molecule has 2 aliphatic rings. The van der Waals surface area contributed by atoms with Crippen molar-refractivity contribution in [2.24, 2.45) is 0 Å². The van der Waals surface area contributed by atoms with Crippen molar-refractivity contribution in [3.05, 3.63) is 29.8 Å². The second-order valence-corrected chi connectivity index (χ2v) is 5.61. The van der Waals surface area contributed by atoms with Crippen molar-refractivity contribution in [1.29, 1.82) is 0 Å². The van der Waals surface area contributed by atoms with Crippen LogP contribution < -0.4 is 10.2 Å². The average Bonchev–Trinajstić information content (AvgIpc) is 2.93. The van der Waals surface area contributed by atoms with E-state index in [-0.39, 0.29) is 5.91 Å². The highest BCUT2D eigenvalue weighted by Crippen LogP contribution is 2.21. The number of ether oxygens (including phenoxy) is 1. The summed E-state index contributed by atoms with van der Waals surface area (Å²) in [4.78, 5) is 13.6. The van der Waals surface area contributed by atoms with Crippen molar-refractivity contribution in [1.82, 2.24) is 5.32 Å². The van der Waals surface area contributed by atoms with Crippen LogP contribution in [0.1, 0.15) is 31.2 Å². The van der Waals surface area contributed by atoms with E-state index in [0.29, 0.717) is 12.5 Å². The Hall–Kier alpha value is -1.39. The summed E-state index contributed by atoms with van der Waals surface area (Å²) in [5.41, 5.74) is 2.28. The van der Waals surface area contributed by atoms with E-state index < -0.39 is 0 Å². The lowest BCUT2D eigenvalue weighted by Crippen LogP contribution is -2.36. The van der Waals surface area contributed by atoms with E-state index in [4.69, 9.17) is 4.74 Å². The van der Waals surface area contributed by atoms with Crippen molar-refractivity contribution in [3.8, 4) is 0 Å². The van der Waals surface area contributed by atoms with Gasteiger partial charge in [-0.15, -0.1) is 0 Å².